The van der Waals surface area contributed by atoms with Crippen LogP contribution in [0, 0.1) is 5.82 Å². The zero-order valence-corrected chi connectivity index (χ0v) is 16.4. The third-order valence-corrected chi connectivity index (χ3v) is 5.70. The third kappa shape index (κ3) is 3.07. The van der Waals surface area contributed by atoms with Gasteiger partial charge in [-0.05, 0) is 55.2 Å². The van der Waals surface area contributed by atoms with Crippen LogP contribution < -0.4 is 5.43 Å². The van der Waals surface area contributed by atoms with Crippen molar-refractivity contribution in [2.24, 2.45) is 0 Å². The maximum Gasteiger partial charge on any atom is 0.290 e. The molecule has 7 heteroatoms. The van der Waals surface area contributed by atoms with Gasteiger partial charge in [-0.15, -0.1) is 0 Å². The first-order valence-corrected chi connectivity index (χ1v) is 10.1. The summed E-state index contributed by atoms with van der Waals surface area (Å²) >= 11 is 0. The highest BCUT2D eigenvalue weighted by molar-refractivity contribution is 5.93. The first kappa shape index (κ1) is 18.5. The Morgan fingerprint density at radius 2 is 2.13 bits per heavy atom. The summed E-state index contributed by atoms with van der Waals surface area (Å²) in [7, 11) is 0. The predicted octanol–water partition coefficient (Wildman–Crippen LogP) is 4.35. The number of hydrogen-bond donors (Lipinski definition) is 1. The molecule has 4 aromatic rings. The molecule has 1 fully saturated rings. The number of likely N-dealkylation sites (tertiary alicyclic amines) is 1. The average molecular weight is 405 g/mol. The van der Waals surface area contributed by atoms with E-state index in [4.69, 9.17) is 4.42 Å². The summed E-state index contributed by atoms with van der Waals surface area (Å²) in [5, 5.41) is 0.475. The number of carbonyl (C=O) groups excluding carboxylic acids is 1. The van der Waals surface area contributed by atoms with Crippen molar-refractivity contribution in [1.29, 1.82) is 0 Å². The molecule has 1 amide bonds. The fourth-order valence-corrected chi connectivity index (χ4v) is 4.12. The number of fused-ring (bicyclic) bond motifs is 2. The number of rotatable bonds is 3. The molecule has 0 bridgehead atoms. The minimum Gasteiger partial charge on any atom is -0.451 e. The van der Waals surface area contributed by atoms with Crippen molar-refractivity contribution in [3.63, 3.8) is 0 Å². The van der Waals surface area contributed by atoms with E-state index in [0.717, 1.165) is 24.8 Å². The van der Waals surface area contributed by atoms with Gasteiger partial charge in [0.05, 0.1) is 22.5 Å². The Morgan fingerprint density at radius 3 is 2.97 bits per heavy atom. The summed E-state index contributed by atoms with van der Waals surface area (Å²) in [6, 6.07) is 10.8. The summed E-state index contributed by atoms with van der Waals surface area (Å²) in [5.74, 6) is -0.0630. The second-order valence-electron chi connectivity index (χ2n) is 7.60. The highest BCUT2D eigenvalue weighted by Crippen LogP contribution is 2.33. The van der Waals surface area contributed by atoms with E-state index >= 15 is 0 Å². The normalized spacial score (nSPS) is 16.6. The van der Waals surface area contributed by atoms with Gasteiger partial charge in [-0.25, -0.2) is 9.37 Å². The minimum atomic E-state index is -0.346. The maximum atomic E-state index is 13.5. The first-order valence-electron chi connectivity index (χ1n) is 10.1. The molecule has 0 aliphatic carbocycles. The standard InChI is InChI=1S/C23H20FN3O3/c1-2-13-5-8-20-15(10-13)19(28)12-21(30-20)23(29)27-9-3-4-18(27)22-25-16-7-6-14(24)11-17(16)26-22/h5-8,10-12,18H,2-4,9H2,1H3,(H,25,26). The predicted molar refractivity (Wildman–Crippen MR) is 111 cm³/mol. The van der Waals surface area contributed by atoms with E-state index in [1.807, 2.05) is 19.1 Å². The van der Waals surface area contributed by atoms with Crippen LogP contribution in [0.4, 0.5) is 4.39 Å². The van der Waals surface area contributed by atoms with Crippen LogP contribution in [0.5, 0.6) is 0 Å². The zero-order chi connectivity index (χ0) is 20.8. The number of aromatic nitrogens is 2. The fourth-order valence-electron chi connectivity index (χ4n) is 4.12. The van der Waals surface area contributed by atoms with Crippen molar-refractivity contribution in [3.8, 4) is 0 Å². The maximum absolute atomic E-state index is 13.5. The van der Waals surface area contributed by atoms with Crippen molar-refractivity contribution in [1.82, 2.24) is 14.9 Å². The number of halogens is 1. The van der Waals surface area contributed by atoms with Crippen molar-refractivity contribution in [3.05, 3.63) is 75.7 Å². The molecular formula is C23H20FN3O3. The molecular weight excluding hydrogens is 385 g/mol. The molecule has 152 valence electrons. The highest BCUT2D eigenvalue weighted by atomic mass is 19.1. The Hall–Kier alpha value is -3.48. The Morgan fingerprint density at radius 1 is 1.27 bits per heavy atom. The van der Waals surface area contributed by atoms with E-state index in [1.165, 1.54) is 18.2 Å². The van der Waals surface area contributed by atoms with E-state index < -0.39 is 0 Å². The molecule has 30 heavy (non-hydrogen) atoms. The van der Waals surface area contributed by atoms with E-state index in [-0.39, 0.29) is 29.0 Å². The number of amides is 1. The van der Waals surface area contributed by atoms with Crippen LogP contribution in [-0.4, -0.2) is 27.3 Å². The van der Waals surface area contributed by atoms with Gasteiger partial charge in [-0.3, -0.25) is 9.59 Å². The highest BCUT2D eigenvalue weighted by Gasteiger charge is 2.34. The van der Waals surface area contributed by atoms with E-state index in [1.54, 1.807) is 17.0 Å². The van der Waals surface area contributed by atoms with Gasteiger partial charge in [0.25, 0.3) is 5.91 Å². The molecule has 0 radical (unpaired) electrons. The molecule has 0 saturated carbocycles. The lowest BCUT2D eigenvalue weighted by Gasteiger charge is -2.22. The number of benzene rings is 2. The second kappa shape index (κ2) is 7.09. The van der Waals surface area contributed by atoms with E-state index in [2.05, 4.69) is 9.97 Å². The van der Waals surface area contributed by atoms with Crippen molar-refractivity contribution >= 4 is 27.9 Å². The van der Waals surface area contributed by atoms with Crippen LogP contribution in [0.2, 0.25) is 0 Å². The molecule has 2 aromatic heterocycles. The molecule has 1 aliphatic heterocycles. The van der Waals surface area contributed by atoms with Crippen LogP contribution in [0.15, 0.2) is 51.7 Å². The van der Waals surface area contributed by atoms with E-state index in [9.17, 15) is 14.0 Å². The Kier molecular flexibility index (Phi) is 4.38. The average Bonchev–Trinajstić information content (AvgIpc) is 3.39. The number of hydrogen-bond acceptors (Lipinski definition) is 4. The topological polar surface area (TPSA) is 79.2 Å². The molecule has 3 heterocycles. The molecule has 0 spiro atoms. The molecule has 1 atom stereocenters. The van der Waals surface area contributed by atoms with Crippen LogP contribution in [0.25, 0.3) is 22.0 Å². The lowest BCUT2D eigenvalue weighted by molar-refractivity contribution is 0.0698. The Labute approximate surface area is 171 Å². The van der Waals surface area contributed by atoms with Crippen molar-refractivity contribution in [2.75, 3.05) is 6.54 Å². The van der Waals surface area contributed by atoms with Crippen LogP contribution in [0.3, 0.4) is 0 Å². The number of nitrogens with one attached hydrogen (secondary N) is 1. The molecule has 2 aromatic carbocycles. The molecule has 1 N–H and O–H groups in total. The van der Waals surface area contributed by atoms with Crippen LogP contribution >= 0.6 is 0 Å². The summed E-state index contributed by atoms with van der Waals surface area (Å²) in [4.78, 5) is 35.2. The largest absolute Gasteiger partial charge is 0.451 e. The van der Waals surface area contributed by atoms with Gasteiger partial charge in [0.15, 0.2) is 11.2 Å². The second-order valence-corrected chi connectivity index (χ2v) is 7.60. The van der Waals surface area contributed by atoms with Gasteiger partial charge >= 0.3 is 0 Å². The lowest BCUT2D eigenvalue weighted by Crippen LogP contribution is -2.31. The Balaban J connectivity index is 1.50. The summed E-state index contributed by atoms with van der Waals surface area (Å²) in [6.07, 6.45) is 2.35. The number of nitrogens with zero attached hydrogens (tertiary/aromatic N) is 2. The SMILES string of the molecule is CCc1ccc2oc(C(=O)N3CCCC3c3nc4ccc(F)cc4[nH]3)cc(=O)c2c1. The summed E-state index contributed by atoms with van der Waals surface area (Å²) in [6.45, 7) is 2.55. The third-order valence-electron chi connectivity index (χ3n) is 5.70. The van der Waals surface area contributed by atoms with Crippen molar-refractivity contribution in [2.45, 2.75) is 32.2 Å². The molecule has 1 unspecified atom stereocenters. The van der Waals surface area contributed by atoms with Crippen molar-refractivity contribution < 1.29 is 13.6 Å². The van der Waals surface area contributed by atoms with Crippen LogP contribution in [0.1, 0.15) is 47.7 Å². The van der Waals surface area contributed by atoms with E-state index in [0.29, 0.717) is 34.4 Å². The molecule has 1 saturated heterocycles. The summed E-state index contributed by atoms with van der Waals surface area (Å²) in [5.41, 5.74) is 2.45. The minimum absolute atomic E-state index is 0.0193. The molecule has 6 nitrogen and oxygen atoms in total. The molecule has 1 aliphatic rings. The summed E-state index contributed by atoms with van der Waals surface area (Å²) < 4.78 is 19.3. The first-order chi connectivity index (χ1) is 14.5. The van der Waals surface area contributed by atoms with Gasteiger partial charge < -0.3 is 14.3 Å². The number of aromatic amines is 1. The van der Waals surface area contributed by atoms with Gasteiger partial charge in [0, 0.05) is 12.6 Å². The number of imidazole rings is 1. The lowest BCUT2D eigenvalue weighted by atomic mass is 10.1. The van der Waals surface area contributed by atoms with Gasteiger partial charge in [-0.2, -0.15) is 0 Å². The van der Waals surface area contributed by atoms with Gasteiger partial charge in [0.1, 0.15) is 17.2 Å². The zero-order valence-electron chi connectivity index (χ0n) is 16.4. The van der Waals surface area contributed by atoms with Gasteiger partial charge in [0.2, 0.25) is 0 Å². The molecule has 5 rings (SSSR count). The quantitative estimate of drug-likeness (QED) is 0.550. The Bertz CT molecular complexity index is 1340. The smallest absolute Gasteiger partial charge is 0.290 e. The van der Waals surface area contributed by atoms with Crippen LogP contribution in [-0.2, 0) is 6.42 Å². The number of aryl methyl sites for hydroxylation is 1. The number of H-pyrrole nitrogens is 1. The van der Waals surface area contributed by atoms with Gasteiger partial charge in [-0.1, -0.05) is 13.0 Å². The number of carbonyl (C=O) groups is 1. The monoisotopic (exact) mass is 405 g/mol. The fraction of sp³-hybridized carbons (Fsp3) is 0.261.